The van der Waals surface area contributed by atoms with Crippen LogP contribution in [0.2, 0.25) is 10.0 Å². The third-order valence-corrected chi connectivity index (χ3v) is 3.11. The van der Waals surface area contributed by atoms with Gasteiger partial charge in [-0.1, -0.05) is 30.1 Å². The molecule has 14 heavy (non-hydrogen) atoms. The second-order valence-corrected chi connectivity index (χ2v) is 4.68. The highest BCUT2D eigenvalue weighted by Crippen LogP contribution is 2.37. The fraction of sp³-hybridized carbons (Fsp3) is 0.500. The van der Waals surface area contributed by atoms with E-state index >= 15 is 0 Å². The molecule has 0 aliphatic heterocycles. The Hall–Kier alpha value is -0.470. The van der Waals surface area contributed by atoms with E-state index in [0.29, 0.717) is 10.0 Å². The molecule has 2 atom stereocenters. The van der Waals surface area contributed by atoms with Gasteiger partial charge in [-0.3, -0.25) is 0 Å². The van der Waals surface area contributed by atoms with E-state index in [1.54, 1.807) is 12.3 Å². The van der Waals surface area contributed by atoms with Crippen molar-refractivity contribution in [3.05, 3.63) is 22.3 Å². The van der Waals surface area contributed by atoms with Crippen LogP contribution in [-0.4, -0.2) is 11.5 Å². The summed E-state index contributed by atoms with van der Waals surface area (Å²) in [7, 11) is 0. The Bertz CT molecular complexity index is 341. The van der Waals surface area contributed by atoms with E-state index in [9.17, 15) is 0 Å². The van der Waals surface area contributed by atoms with Gasteiger partial charge in [0.15, 0.2) is 0 Å². The van der Waals surface area contributed by atoms with Gasteiger partial charge < -0.3 is 5.32 Å². The van der Waals surface area contributed by atoms with Crippen LogP contribution in [-0.2, 0) is 0 Å². The monoisotopic (exact) mass is 230 g/mol. The average Bonchev–Trinajstić information content (AvgIpc) is 2.80. The molecule has 0 saturated heterocycles. The second-order valence-electron chi connectivity index (χ2n) is 3.84. The fourth-order valence-corrected chi connectivity index (χ4v) is 1.90. The van der Waals surface area contributed by atoms with E-state index in [1.807, 2.05) is 0 Å². The van der Waals surface area contributed by atoms with Gasteiger partial charge in [0, 0.05) is 12.7 Å². The zero-order chi connectivity index (χ0) is 10.1. The Morgan fingerprint density at radius 3 is 2.86 bits per heavy atom. The number of nitrogens with one attached hydrogen (secondary N) is 1. The van der Waals surface area contributed by atoms with Crippen molar-refractivity contribution in [1.29, 1.82) is 0 Å². The lowest BCUT2D eigenvalue weighted by molar-refractivity contribution is 0.784. The van der Waals surface area contributed by atoms with Gasteiger partial charge in [-0.05, 0) is 24.3 Å². The van der Waals surface area contributed by atoms with Crippen molar-refractivity contribution in [2.24, 2.45) is 11.8 Å². The molecule has 0 amide bonds. The van der Waals surface area contributed by atoms with E-state index in [1.165, 1.54) is 6.42 Å². The largest absolute Gasteiger partial charge is 0.369 e. The minimum absolute atomic E-state index is 0.570. The average molecular weight is 231 g/mol. The van der Waals surface area contributed by atoms with Gasteiger partial charge in [0.2, 0.25) is 0 Å². The molecule has 2 rings (SSSR count). The summed E-state index contributed by atoms with van der Waals surface area (Å²) in [5.74, 6) is 2.35. The lowest BCUT2D eigenvalue weighted by atomic mass is 10.3. The molecule has 2 unspecified atom stereocenters. The minimum atomic E-state index is 0.570. The Morgan fingerprint density at radius 2 is 2.29 bits per heavy atom. The van der Waals surface area contributed by atoms with Crippen molar-refractivity contribution in [2.45, 2.75) is 13.3 Å². The molecule has 0 spiro atoms. The number of pyridine rings is 1. The molecule has 1 fully saturated rings. The smallest absolute Gasteiger partial charge is 0.144 e. The molecule has 1 aromatic heterocycles. The first-order valence-electron chi connectivity index (χ1n) is 4.71. The van der Waals surface area contributed by atoms with E-state index in [0.717, 1.165) is 24.2 Å². The van der Waals surface area contributed by atoms with Crippen molar-refractivity contribution in [2.75, 3.05) is 11.9 Å². The summed E-state index contributed by atoms with van der Waals surface area (Å²) in [5.41, 5.74) is 0. The molecule has 0 radical (unpaired) electrons. The molecule has 1 aliphatic carbocycles. The first kappa shape index (κ1) is 10.1. The van der Waals surface area contributed by atoms with Crippen LogP contribution in [0.5, 0.6) is 0 Å². The van der Waals surface area contributed by atoms with Gasteiger partial charge in [0.25, 0.3) is 0 Å². The van der Waals surface area contributed by atoms with Gasteiger partial charge >= 0.3 is 0 Å². The van der Waals surface area contributed by atoms with Crippen LogP contribution in [0.1, 0.15) is 13.3 Å². The summed E-state index contributed by atoms with van der Waals surface area (Å²) in [4.78, 5) is 4.13. The highest BCUT2D eigenvalue weighted by Gasteiger charge is 2.32. The SMILES string of the molecule is CC1CC1CNc1ncc(Cl)cc1Cl. The first-order chi connectivity index (χ1) is 6.66. The van der Waals surface area contributed by atoms with Crippen molar-refractivity contribution in [1.82, 2.24) is 4.98 Å². The van der Waals surface area contributed by atoms with E-state index in [-0.39, 0.29) is 0 Å². The molecule has 1 saturated carbocycles. The molecular formula is C10H12Cl2N2. The van der Waals surface area contributed by atoms with Crippen LogP contribution < -0.4 is 5.32 Å². The van der Waals surface area contributed by atoms with E-state index < -0.39 is 0 Å². The highest BCUT2D eigenvalue weighted by atomic mass is 35.5. The van der Waals surface area contributed by atoms with Gasteiger partial charge in [-0.25, -0.2) is 4.98 Å². The van der Waals surface area contributed by atoms with E-state index in [4.69, 9.17) is 23.2 Å². The predicted octanol–water partition coefficient (Wildman–Crippen LogP) is 3.46. The maximum Gasteiger partial charge on any atom is 0.144 e. The fourth-order valence-electron chi connectivity index (χ4n) is 1.46. The number of anilines is 1. The third kappa shape index (κ3) is 2.31. The number of hydrogen-bond donors (Lipinski definition) is 1. The molecule has 1 aliphatic rings. The number of rotatable bonds is 3. The maximum atomic E-state index is 5.96. The summed E-state index contributed by atoms with van der Waals surface area (Å²) in [5, 5.41) is 4.39. The Kier molecular flexibility index (Phi) is 2.84. The van der Waals surface area contributed by atoms with Crippen molar-refractivity contribution in [3.63, 3.8) is 0 Å². The molecule has 76 valence electrons. The summed E-state index contributed by atoms with van der Waals surface area (Å²) >= 11 is 11.7. The Morgan fingerprint density at radius 1 is 1.57 bits per heavy atom. The third-order valence-electron chi connectivity index (χ3n) is 2.62. The first-order valence-corrected chi connectivity index (χ1v) is 5.47. The number of nitrogens with zero attached hydrogens (tertiary/aromatic N) is 1. The molecule has 4 heteroatoms. The zero-order valence-corrected chi connectivity index (χ0v) is 9.44. The van der Waals surface area contributed by atoms with Crippen molar-refractivity contribution in [3.8, 4) is 0 Å². The van der Waals surface area contributed by atoms with Crippen molar-refractivity contribution >= 4 is 29.0 Å². The molecule has 0 bridgehead atoms. The molecule has 2 nitrogen and oxygen atoms in total. The highest BCUT2D eigenvalue weighted by molar-refractivity contribution is 6.35. The second kappa shape index (κ2) is 3.95. The molecule has 1 heterocycles. The zero-order valence-electron chi connectivity index (χ0n) is 7.93. The van der Waals surface area contributed by atoms with Gasteiger partial charge in [-0.2, -0.15) is 0 Å². The van der Waals surface area contributed by atoms with Crippen LogP contribution in [0.3, 0.4) is 0 Å². The summed E-state index contributed by atoms with van der Waals surface area (Å²) in [6.07, 6.45) is 2.91. The predicted molar refractivity (Wildman–Crippen MR) is 60.0 cm³/mol. The minimum Gasteiger partial charge on any atom is -0.369 e. The van der Waals surface area contributed by atoms with E-state index in [2.05, 4.69) is 17.2 Å². The lowest BCUT2D eigenvalue weighted by Gasteiger charge is -2.06. The van der Waals surface area contributed by atoms with Gasteiger partial charge in [-0.15, -0.1) is 0 Å². The van der Waals surface area contributed by atoms with Crippen LogP contribution in [0, 0.1) is 11.8 Å². The quantitative estimate of drug-likeness (QED) is 0.861. The van der Waals surface area contributed by atoms with Gasteiger partial charge in [0.1, 0.15) is 5.82 Å². The summed E-state index contributed by atoms with van der Waals surface area (Å²) < 4.78 is 0. The maximum absolute atomic E-state index is 5.96. The standard InChI is InChI=1S/C10H12Cl2N2/c1-6-2-7(6)4-13-10-9(12)3-8(11)5-14-10/h3,5-7H,2,4H2,1H3,(H,13,14). The lowest BCUT2D eigenvalue weighted by Crippen LogP contribution is -2.06. The Balaban J connectivity index is 1.95. The number of aromatic nitrogens is 1. The number of hydrogen-bond acceptors (Lipinski definition) is 2. The molecular weight excluding hydrogens is 219 g/mol. The molecule has 1 N–H and O–H groups in total. The molecule has 1 aromatic rings. The number of halogens is 2. The topological polar surface area (TPSA) is 24.9 Å². The van der Waals surface area contributed by atoms with Crippen LogP contribution in [0.15, 0.2) is 12.3 Å². The Labute approximate surface area is 93.6 Å². The summed E-state index contributed by atoms with van der Waals surface area (Å²) in [6.45, 7) is 3.21. The van der Waals surface area contributed by atoms with Crippen LogP contribution in [0.4, 0.5) is 5.82 Å². The van der Waals surface area contributed by atoms with Crippen LogP contribution >= 0.6 is 23.2 Å². The summed E-state index contributed by atoms with van der Waals surface area (Å²) in [6, 6.07) is 1.70. The molecule has 0 aromatic carbocycles. The normalized spacial score (nSPS) is 24.8. The van der Waals surface area contributed by atoms with Crippen LogP contribution in [0.25, 0.3) is 0 Å². The van der Waals surface area contributed by atoms with Crippen molar-refractivity contribution < 1.29 is 0 Å². The van der Waals surface area contributed by atoms with Gasteiger partial charge in [0.05, 0.1) is 10.0 Å².